The molecule has 0 bridgehead atoms. The van der Waals surface area contributed by atoms with E-state index in [0.29, 0.717) is 40.5 Å². The largest absolute Gasteiger partial charge is 0.354 e. The first-order valence-corrected chi connectivity index (χ1v) is 13.3. The third-order valence-electron chi connectivity index (χ3n) is 5.79. The van der Waals surface area contributed by atoms with Gasteiger partial charge in [-0.15, -0.1) is 0 Å². The number of halogens is 3. The lowest BCUT2D eigenvalue weighted by Crippen LogP contribution is -2.45. The highest BCUT2D eigenvalue weighted by Gasteiger charge is 2.36. The number of pyridine rings is 1. The third-order valence-corrected chi connectivity index (χ3v) is 7.47. The van der Waals surface area contributed by atoms with Crippen LogP contribution in [0, 0.1) is 5.92 Å². The number of benzene rings is 1. The molecule has 0 saturated carbocycles. The molecule has 3 N–H and O–H groups in total. The quantitative estimate of drug-likeness (QED) is 0.403. The summed E-state index contributed by atoms with van der Waals surface area (Å²) in [5.41, 5.74) is 0.703. The zero-order valence-electron chi connectivity index (χ0n) is 20.3. The molecule has 36 heavy (non-hydrogen) atoms. The summed E-state index contributed by atoms with van der Waals surface area (Å²) in [5, 5.41) is 6.62. The molecule has 0 spiro atoms. The van der Waals surface area contributed by atoms with Crippen molar-refractivity contribution in [3.05, 3.63) is 45.8 Å². The lowest BCUT2D eigenvalue weighted by molar-refractivity contribution is -0.0415. The first kappa shape index (κ1) is 26.6. The molecule has 12 heteroatoms. The molecule has 1 fully saturated rings. The maximum atomic E-state index is 14.1. The Morgan fingerprint density at radius 1 is 1.31 bits per heavy atom. The maximum absolute atomic E-state index is 14.1. The molecule has 1 aromatic carbocycles. The molecule has 2 unspecified atom stereocenters. The molecule has 8 nitrogen and oxygen atoms in total. The van der Waals surface area contributed by atoms with Gasteiger partial charge in [-0.05, 0) is 44.9 Å². The van der Waals surface area contributed by atoms with Gasteiger partial charge in [0.15, 0.2) is 0 Å². The lowest BCUT2D eigenvalue weighted by Gasteiger charge is -2.30. The summed E-state index contributed by atoms with van der Waals surface area (Å²) < 4.78 is 45.0. The molecule has 2 atom stereocenters. The summed E-state index contributed by atoms with van der Waals surface area (Å²) in [4.78, 5) is 23.0. The van der Waals surface area contributed by atoms with Crippen LogP contribution in [0.1, 0.15) is 27.2 Å². The van der Waals surface area contributed by atoms with Gasteiger partial charge in [-0.25, -0.2) is 22.7 Å². The highest BCUT2D eigenvalue weighted by atomic mass is 35.5. The Bertz CT molecular complexity index is 1350. The van der Waals surface area contributed by atoms with Crippen LogP contribution in [-0.2, 0) is 17.5 Å². The number of nitrogens with one attached hydrogen (secondary N) is 3. The van der Waals surface area contributed by atoms with Crippen LogP contribution in [-0.4, -0.2) is 50.3 Å². The predicted molar refractivity (Wildman–Crippen MR) is 139 cm³/mol. The standard InChI is InChI=1S/C24H29ClF2N6O2S/c1-4-29-23-30-11-16-7-19(18-6-5-17(8-20(18)25)36(35)32-14(2)3)22(34)33(21(16)31-23)12-15-9-24(26,27)13-28-10-15/h5-8,11,14-15,28,32H,4,9-10,12-13H2,1-3H3,(H,29,30,31). The minimum Gasteiger partial charge on any atom is -0.354 e. The van der Waals surface area contributed by atoms with E-state index < -0.39 is 28.4 Å². The molecule has 3 heterocycles. The second-order valence-electron chi connectivity index (χ2n) is 9.22. The maximum Gasteiger partial charge on any atom is 0.260 e. The second kappa shape index (κ2) is 10.9. The van der Waals surface area contributed by atoms with E-state index in [2.05, 4.69) is 25.3 Å². The molecule has 1 saturated heterocycles. The van der Waals surface area contributed by atoms with Gasteiger partial charge in [0.25, 0.3) is 11.5 Å². The zero-order chi connectivity index (χ0) is 26.0. The number of anilines is 1. The molecule has 0 amide bonds. The van der Waals surface area contributed by atoms with Gasteiger partial charge in [-0.3, -0.25) is 9.36 Å². The van der Waals surface area contributed by atoms with Crippen molar-refractivity contribution in [2.24, 2.45) is 5.92 Å². The van der Waals surface area contributed by atoms with Gasteiger partial charge < -0.3 is 10.6 Å². The molecule has 1 aliphatic rings. The fraction of sp³-hybridized carbons (Fsp3) is 0.458. The number of rotatable bonds is 8. The van der Waals surface area contributed by atoms with Crippen LogP contribution in [0.3, 0.4) is 0 Å². The third kappa shape index (κ3) is 5.91. The summed E-state index contributed by atoms with van der Waals surface area (Å²) in [6.45, 7) is 6.30. The number of nitrogens with zero attached hydrogens (tertiary/aromatic N) is 3. The average molecular weight is 539 g/mol. The molecule has 0 radical (unpaired) electrons. The first-order chi connectivity index (χ1) is 17.1. The van der Waals surface area contributed by atoms with Crippen LogP contribution >= 0.6 is 11.6 Å². The van der Waals surface area contributed by atoms with Crippen LogP contribution in [0.15, 0.2) is 40.2 Å². The normalized spacial score (nSPS) is 18.5. The molecule has 194 valence electrons. The van der Waals surface area contributed by atoms with Crippen LogP contribution in [0.2, 0.25) is 5.02 Å². The van der Waals surface area contributed by atoms with Crippen LogP contribution in [0.25, 0.3) is 22.2 Å². The minimum absolute atomic E-state index is 0.00530. The monoisotopic (exact) mass is 538 g/mol. The lowest BCUT2D eigenvalue weighted by atomic mass is 9.96. The highest BCUT2D eigenvalue weighted by Crippen LogP contribution is 2.31. The molecule has 4 rings (SSSR count). The van der Waals surface area contributed by atoms with Crippen LogP contribution in [0.5, 0.6) is 0 Å². The molecule has 2 aromatic heterocycles. The summed E-state index contributed by atoms with van der Waals surface area (Å²) >= 11 is 6.55. The van der Waals surface area contributed by atoms with E-state index >= 15 is 0 Å². The van der Waals surface area contributed by atoms with Gasteiger partial charge in [0.1, 0.15) is 16.6 Å². The van der Waals surface area contributed by atoms with Crippen LogP contribution in [0.4, 0.5) is 14.7 Å². The summed E-state index contributed by atoms with van der Waals surface area (Å²) in [7, 11) is -1.46. The summed E-state index contributed by atoms with van der Waals surface area (Å²) in [6.07, 6.45) is 1.27. The van der Waals surface area contributed by atoms with Crippen LogP contribution < -0.4 is 20.9 Å². The predicted octanol–water partition coefficient (Wildman–Crippen LogP) is 3.81. The number of hydrogen-bond donors (Lipinski definition) is 3. The van der Waals surface area contributed by atoms with Crippen molar-refractivity contribution < 1.29 is 13.0 Å². The van der Waals surface area contributed by atoms with Crippen molar-refractivity contribution in [1.29, 1.82) is 0 Å². The Balaban J connectivity index is 1.82. The molecular weight excluding hydrogens is 510 g/mol. The van der Waals surface area contributed by atoms with E-state index in [-0.39, 0.29) is 36.1 Å². The summed E-state index contributed by atoms with van der Waals surface area (Å²) in [5.74, 6) is -2.96. The first-order valence-electron chi connectivity index (χ1n) is 11.8. The molecule has 1 aliphatic heterocycles. The Morgan fingerprint density at radius 2 is 2.08 bits per heavy atom. The van der Waals surface area contributed by atoms with E-state index in [1.165, 1.54) is 4.57 Å². The van der Waals surface area contributed by atoms with Crippen molar-refractivity contribution in [2.45, 2.75) is 50.6 Å². The van der Waals surface area contributed by atoms with Gasteiger partial charge in [-0.2, -0.15) is 4.98 Å². The SMILES string of the molecule is CCNc1ncc2cc(-c3ccc(S(=O)NC(C)C)cc3Cl)c(=O)n(CC3CNCC(F)(F)C3)c2n1. The van der Waals surface area contributed by atoms with E-state index in [1.807, 2.05) is 20.8 Å². The molecular formula is C24H29ClF2N6O2S. The Kier molecular flexibility index (Phi) is 8.03. The summed E-state index contributed by atoms with van der Waals surface area (Å²) in [6, 6.07) is 6.52. The Labute approximate surface area is 215 Å². The number of hydrogen-bond acceptors (Lipinski definition) is 6. The van der Waals surface area contributed by atoms with Crippen molar-refractivity contribution >= 4 is 39.6 Å². The van der Waals surface area contributed by atoms with E-state index in [1.54, 1.807) is 30.5 Å². The van der Waals surface area contributed by atoms with Gasteiger partial charge in [0, 0.05) is 59.8 Å². The fourth-order valence-electron chi connectivity index (χ4n) is 4.29. The van der Waals surface area contributed by atoms with Gasteiger partial charge in [0.05, 0.1) is 11.4 Å². The number of fused-ring (bicyclic) bond motifs is 1. The van der Waals surface area contributed by atoms with Crippen molar-refractivity contribution in [3.8, 4) is 11.1 Å². The Morgan fingerprint density at radius 3 is 2.75 bits per heavy atom. The molecule has 3 aromatic rings. The van der Waals surface area contributed by atoms with Gasteiger partial charge in [0.2, 0.25) is 5.95 Å². The van der Waals surface area contributed by atoms with Gasteiger partial charge >= 0.3 is 0 Å². The van der Waals surface area contributed by atoms with Crippen molar-refractivity contribution in [2.75, 3.05) is 25.0 Å². The number of piperidine rings is 1. The smallest absolute Gasteiger partial charge is 0.260 e. The molecule has 0 aliphatic carbocycles. The van der Waals surface area contributed by atoms with Crippen molar-refractivity contribution in [1.82, 2.24) is 24.6 Å². The Hall–Kier alpha value is -2.47. The average Bonchev–Trinajstić information content (AvgIpc) is 2.80. The topological polar surface area (TPSA) is 101 Å². The van der Waals surface area contributed by atoms with E-state index in [9.17, 15) is 17.8 Å². The number of aromatic nitrogens is 3. The van der Waals surface area contributed by atoms with E-state index in [0.717, 1.165) is 0 Å². The van der Waals surface area contributed by atoms with Crippen molar-refractivity contribution in [3.63, 3.8) is 0 Å². The minimum atomic E-state index is -2.84. The van der Waals surface area contributed by atoms with E-state index in [4.69, 9.17) is 11.6 Å². The fourth-order valence-corrected chi connectivity index (χ4v) is 5.62. The zero-order valence-corrected chi connectivity index (χ0v) is 21.8. The number of alkyl halides is 2. The van der Waals surface area contributed by atoms with Gasteiger partial charge in [-0.1, -0.05) is 17.7 Å². The second-order valence-corrected chi connectivity index (χ2v) is 10.9. The highest BCUT2D eigenvalue weighted by molar-refractivity contribution is 7.83.